The third-order valence-corrected chi connectivity index (χ3v) is 8.74. The molecule has 10 nitrogen and oxygen atoms in total. The molecule has 0 radical (unpaired) electrons. The van der Waals surface area contributed by atoms with Crippen LogP contribution in [0.25, 0.3) is 0 Å². The first-order chi connectivity index (χ1) is 23.9. The number of hydrogen-bond donors (Lipinski definition) is 1. The Morgan fingerprint density at radius 3 is 1.53 bits per heavy atom. The molecule has 0 amide bonds. The average Bonchev–Trinajstić information content (AvgIpc) is 3.14. The van der Waals surface area contributed by atoms with Crippen molar-refractivity contribution < 1.29 is 47.9 Å². The maximum Gasteiger partial charge on any atom is 0.342 e. The number of alkyl halides is 1. The number of methoxy groups -OCH3 is 4. The first kappa shape index (κ1) is 39.4. The van der Waals surface area contributed by atoms with Gasteiger partial charge in [0.05, 0.1) is 20.1 Å². The summed E-state index contributed by atoms with van der Waals surface area (Å²) in [6.45, 7) is 0.362. The predicted octanol–water partition coefficient (Wildman–Crippen LogP) is 7.82. The van der Waals surface area contributed by atoms with E-state index in [0.29, 0.717) is 57.9 Å². The molecule has 0 aliphatic carbocycles. The predicted molar refractivity (Wildman–Crippen MR) is 190 cm³/mol. The Morgan fingerprint density at radius 2 is 1.06 bits per heavy atom. The zero-order valence-corrected chi connectivity index (χ0v) is 30.0. The molecule has 13 heteroatoms. The lowest BCUT2D eigenvalue weighted by molar-refractivity contribution is 0.0456. The molecule has 4 rings (SSSR count). The lowest BCUT2D eigenvalue weighted by Crippen LogP contribution is -2.12. The third-order valence-electron chi connectivity index (χ3n) is 6.51. The van der Waals surface area contributed by atoms with Crippen LogP contribution in [0.1, 0.15) is 31.8 Å². The molecule has 4 aromatic carbocycles. The van der Waals surface area contributed by atoms with Crippen LogP contribution in [0.15, 0.2) is 94.7 Å². The fourth-order valence-corrected chi connectivity index (χ4v) is 6.25. The molecule has 262 valence electrons. The summed E-state index contributed by atoms with van der Waals surface area (Å²) in [5, 5.41) is 10.2. The van der Waals surface area contributed by atoms with Crippen LogP contribution in [0.2, 0.25) is 0 Å². The third kappa shape index (κ3) is 12.1. The van der Waals surface area contributed by atoms with Crippen LogP contribution in [0.4, 0.5) is 0 Å². The van der Waals surface area contributed by atoms with Crippen molar-refractivity contribution in [3.05, 3.63) is 107 Å². The van der Waals surface area contributed by atoms with Gasteiger partial charge in [-0.3, -0.25) is 0 Å². The van der Waals surface area contributed by atoms with Crippen molar-refractivity contribution in [1.29, 1.82) is 0 Å². The van der Waals surface area contributed by atoms with E-state index < -0.39 is 11.9 Å². The SMILES string of the molecule is COCOc1ccc(O)c(CSc2ccccc2)c1C(=O)OC.COCOc1ccc(OCCCl)c(CSc2ccccc2)c1C(=O)OC. The number of phenols is 1. The summed E-state index contributed by atoms with van der Waals surface area (Å²) in [5.74, 6) is 1.53. The molecule has 0 bridgehead atoms. The Kier molecular flexibility index (Phi) is 17.5. The van der Waals surface area contributed by atoms with Gasteiger partial charge in [-0.05, 0) is 48.5 Å². The molecular formula is C36H39ClO10S2. The number of phenolic OH excluding ortho intramolecular Hbond substituents is 1. The van der Waals surface area contributed by atoms with Gasteiger partial charge in [0.1, 0.15) is 40.7 Å². The molecular weight excluding hydrogens is 692 g/mol. The summed E-state index contributed by atoms with van der Waals surface area (Å²) in [4.78, 5) is 26.7. The van der Waals surface area contributed by atoms with E-state index in [-0.39, 0.29) is 24.9 Å². The van der Waals surface area contributed by atoms with E-state index in [1.54, 1.807) is 23.9 Å². The van der Waals surface area contributed by atoms with Crippen LogP contribution in [0.3, 0.4) is 0 Å². The van der Waals surface area contributed by atoms with Gasteiger partial charge in [-0.2, -0.15) is 0 Å². The molecule has 0 aliphatic heterocycles. The van der Waals surface area contributed by atoms with Crippen LogP contribution >= 0.6 is 35.1 Å². The van der Waals surface area contributed by atoms with Gasteiger partial charge in [-0.15, -0.1) is 35.1 Å². The number of esters is 2. The molecule has 0 fully saturated rings. The summed E-state index contributed by atoms with van der Waals surface area (Å²) < 4.78 is 36.3. The van der Waals surface area contributed by atoms with Gasteiger partial charge >= 0.3 is 11.9 Å². The van der Waals surface area contributed by atoms with Crippen molar-refractivity contribution in [1.82, 2.24) is 0 Å². The maximum absolute atomic E-state index is 12.4. The second-order valence-corrected chi connectivity index (χ2v) is 12.2. The highest BCUT2D eigenvalue weighted by Gasteiger charge is 2.24. The van der Waals surface area contributed by atoms with Crippen LogP contribution < -0.4 is 14.2 Å². The molecule has 1 N–H and O–H groups in total. The first-order valence-corrected chi connectivity index (χ1v) is 17.3. The summed E-state index contributed by atoms with van der Waals surface area (Å²) in [6.07, 6.45) is 0. The summed E-state index contributed by atoms with van der Waals surface area (Å²) in [6, 6.07) is 26.1. The smallest absolute Gasteiger partial charge is 0.342 e. The van der Waals surface area contributed by atoms with Gasteiger partial charge < -0.3 is 38.3 Å². The highest BCUT2D eigenvalue weighted by atomic mass is 35.5. The second-order valence-electron chi connectivity index (χ2n) is 9.68. The van der Waals surface area contributed by atoms with E-state index in [1.807, 2.05) is 60.7 Å². The molecule has 4 aromatic rings. The molecule has 0 atom stereocenters. The summed E-state index contributed by atoms with van der Waals surface area (Å²) in [5.41, 5.74) is 1.72. The van der Waals surface area contributed by atoms with Gasteiger partial charge in [-0.25, -0.2) is 9.59 Å². The Hall–Kier alpha value is -4.07. The highest BCUT2D eigenvalue weighted by molar-refractivity contribution is 7.98. The van der Waals surface area contributed by atoms with Crippen molar-refractivity contribution >= 4 is 47.1 Å². The minimum atomic E-state index is -0.560. The number of thioether (sulfide) groups is 2. The van der Waals surface area contributed by atoms with Crippen LogP contribution in [-0.4, -0.2) is 71.6 Å². The Labute approximate surface area is 299 Å². The Balaban J connectivity index is 0.000000267. The van der Waals surface area contributed by atoms with Crippen LogP contribution in [0, 0.1) is 0 Å². The van der Waals surface area contributed by atoms with Gasteiger partial charge in [-0.1, -0.05) is 36.4 Å². The van der Waals surface area contributed by atoms with Gasteiger partial charge in [0.25, 0.3) is 0 Å². The first-order valence-electron chi connectivity index (χ1n) is 14.8. The number of carbonyl (C=O) groups excluding carboxylic acids is 2. The molecule has 0 aromatic heterocycles. The number of rotatable bonds is 17. The van der Waals surface area contributed by atoms with Crippen molar-refractivity contribution in [2.45, 2.75) is 21.3 Å². The minimum absolute atomic E-state index is 0.0000373. The molecule has 0 spiro atoms. The molecule has 0 unspecified atom stereocenters. The second kappa shape index (κ2) is 21.8. The minimum Gasteiger partial charge on any atom is -0.508 e. The number of aromatic hydroxyl groups is 1. The number of ether oxygens (including phenoxy) is 7. The Bertz CT molecular complexity index is 1610. The van der Waals surface area contributed by atoms with Gasteiger partial charge in [0, 0.05) is 46.6 Å². The molecule has 0 heterocycles. The zero-order valence-electron chi connectivity index (χ0n) is 27.6. The number of benzene rings is 4. The fraction of sp³-hybridized carbons (Fsp3) is 0.278. The normalized spacial score (nSPS) is 10.4. The number of halogens is 1. The molecule has 49 heavy (non-hydrogen) atoms. The van der Waals surface area contributed by atoms with Crippen molar-refractivity contribution in [3.63, 3.8) is 0 Å². The van der Waals surface area contributed by atoms with E-state index in [0.717, 1.165) is 9.79 Å². The zero-order chi connectivity index (χ0) is 35.4. The Morgan fingerprint density at radius 1 is 0.612 bits per heavy atom. The summed E-state index contributed by atoms with van der Waals surface area (Å²) >= 11 is 8.84. The van der Waals surface area contributed by atoms with Crippen LogP contribution in [0.5, 0.6) is 23.0 Å². The van der Waals surface area contributed by atoms with Crippen molar-refractivity contribution in [3.8, 4) is 23.0 Å². The van der Waals surface area contributed by atoms with E-state index in [4.69, 9.17) is 44.8 Å². The van der Waals surface area contributed by atoms with Gasteiger partial charge in [0.15, 0.2) is 13.6 Å². The molecule has 0 aliphatic rings. The number of hydrogen-bond acceptors (Lipinski definition) is 12. The average molecular weight is 731 g/mol. The monoisotopic (exact) mass is 730 g/mol. The maximum atomic E-state index is 12.4. The van der Waals surface area contributed by atoms with E-state index in [1.165, 1.54) is 52.3 Å². The van der Waals surface area contributed by atoms with Crippen LogP contribution in [-0.2, 0) is 30.5 Å². The van der Waals surface area contributed by atoms with E-state index in [9.17, 15) is 14.7 Å². The largest absolute Gasteiger partial charge is 0.508 e. The standard InChI is InChI=1S/C19H21ClO5S.C17H18O5S/c1-22-13-25-17-9-8-16(24-11-10-20)15(18(17)19(21)23-2)12-26-14-6-4-3-5-7-14;1-20-11-22-15-9-8-14(18)13(16(15)17(19)21-2)10-23-12-6-4-3-5-7-12/h3-9H,10-13H2,1-2H3;3-9,18H,10-11H2,1-2H3. The van der Waals surface area contributed by atoms with Crippen molar-refractivity contribution in [2.24, 2.45) is 0 Å². The number of carbonyl (C=O) groups is 2. The lowest BCUT2D eigenvalue weighted by Gasteiger charge is -2.17. The molecule has 0 saturated heterocycles. The van der Waals surface area contributed by atoms with E-state index in [2.05, 4.69) is 0 Å². The highest BCUT2D eigenvalue weighted by Crippen LogP contribution is 2.37. The van der Waals surface area contributed by atoms with Gasteiger partial charge in [0.2, 0.25) is 0 Å². The molecule has 0 saturated carbocycles. The lowest BCUT2D eigenvalue weighted by atomic mass is 10.1. The topological polar surface area (TPSA) is 119 Å². The van der Waals surface area contributed by atoms with E-state index >= 15 is 0 Å². The fourth-order valence-electron chi connectivity index (χ4n) is 4.28. The van der Waals surface area contributed by atoms with Crippen molar-refractivity contribution in [2.75, 3.05) is 54.5 Å². The quantitative estimate of drug-likeness (QED) is 0.0494. The summed E-state index contributed by atoms with van der Waals surface area (Å²) in [7, 11) is 5.63.